The van der Waals surface area contributed by atoms with Gasteiger partial charge in [-0.05, 0) is 0 Å². The highest BCUT2D eigenvalue weighted by Gasteiger charge is 2.28. The van der Waals surface area contributed by atoms with E-state index in [9.17, 15) is 4.79 Å². The Bertz CT molecular complexity index is 1010. The van der Waals surface area contributed by atoms with Crippen LogP contribution >= 0.6 is 11.6 Å². The molecule has 2 heterocycles. The van der Waals surface area contributed by atoms with Crippen molar-refractivity contribution in [1.82, 2.24) is 15.2 Å². The van der Waals surface area contributed by atoms with E-state index in [1.54, 1.807) is 4.68 Å². The minimum Gasteiger partial charge on any atom is -0.468 e. The van der Waals surface area contributed by atoms with Crippen LogP contribution in [0.25, 0.3) is 22.0 Å². The third-order valence-electron chi connectivity index (χ3n) is 4.31. The van der Waals surface area contributed by atoms with E-state index >= 15 is 0 Å². The van der Waals surface area contributed by atoms with Crippen LogP contribution in [0.2, 0.25) is 0 Å². The molecule has 1 aromatic heterocycles. The number of anilines is 1. The number of aromatic nitrogens is 2. The summed E-state index contributed by atoms with van der Waals surface area (Å²) >= 11 is 6.79. The standard InChI is InChI=1S/C20H17ClN4O2/c1-27-15(26)12-25-20-16(18(24-25)13-8-4-2-5-9-13)17(21)19(22-23-20)14-10-6-3-7-11-14/h2-11,22-23H,12H2,1H3. The molecule has 2 aromatic carbocycles. The van der Waals surface area contributed by atoms with Crippen LogP contribution in [0, 0.1) is 0 Å². The van der Waals surface area contributed by atoms with Crippen molar-refractivity contribution in [3.8, 4) is 11.3 Å². The van der Waals surface area contributed by atoms with Gasteiger partial charge >= 0.3 is 5.97 Å². The van der Waals surface area contributed by atoms with Gasteiger partial charge in [0.1, 0.15) is 12.2 Å². The van der Waals surface area contributed by atoms with Crippen molar-refractivity contribution in [2.24, 2.45) is 0 Å². The summed E-state index contributed by atoms with van der Waals surface area (Å²) in [4.78, 5) is 11.8. The molecule has 0 saturated carbocycles. The molecule has 27 heavy (non-hydrogen) atoms. The molecule has 0 atom stereocenters. The fourth-order valence-corrected chi connectivity index (χ4v) is 3.34. The van der Waals surface area contributed by atoms with Gasteiger partial charge in [-0.3, -0.25) is 15.6 Å². The van der Waals surface area contributed by atoms with Gasteiger partial charge in [-0.1, -0.05) is 72.3 Å². The number of nitrogens with zero attached hydrogens (tertiary/aromatic N) is 2. The maximum atomic E-state index is 11.8. The molecule has 0 saturated heterocycles. The molecule has 0 bridgehead atoms. The van der Waals surface area contributed by atoms with Crippen LogP contribution in [0.3, 0.4) is 0 Å². The second-order valence-corrected chi connectivity index (χ2v) is 6.35. The summed E-state index contributed by atoms with van der Waals surface area (Å²) in [5, 5.41) is 5.16. The van der Waals surface area contributed by atoms with Gasteiger partial charge in [-0.2, -0.15) is 5.10 Å². The summed E-state index contributed by atoms with van der Waals surface area (Å²) in [6, 6.07) is 19.5. The van der Waals surface area contributed by atoms with Crippen LogP contribution in [-0.4, -0.2) is 22.9 Å². The Kier molecular flexibility index (Phi) is 4.56. The monoisotopic (exact) mass is 380 g/mol. The zero-order valence-electron chi connectivity index (χ0n) is 14.6. The maximum Gasteiger partial charge on any atom is 0.327 e. The number of carbonyl (C=O) groups excluding carboxylic acids is 1. The Morgan fingerprint density at radius 1 is 1.04 bits per heavy atom. The largest absolute Gasteiger partial charge is 0.468 e. The highest BCUT2D eigenvalue weighted by atomic mass is 35.5. The molecule has 0 aliphatic carbocycles. The maximum absolute atomic E-state index is 11.8. The predicted molar refractivity (Wildman–Crippen MR) is 106 cm³/mol. The number of ether oxygens (including phenoxy) is 1. The van der Waals surface area contributed by atoms with E-state index in [0.29, 0.717) is 16.5 Å². The van der Waals surface area contributed by atoms with E-state index in [2.05, 4.69) is 16.0 Å². The number of rotatable bonds is 4. The number of carbonyl (C=O) groups is 1. The van der Waals surface area contributed by atoms with Gasteiger partial charge in [0.15, 0.2) is 5.82 Å². The van der Waals surface area contributed by atoms with Gasteiger partial charge in [0.05, 0.1) is 23.4 Å². The first-order valence-electron chi connectivity index (χ1n) is 8.39. The topological polar surface area (TPSA) is 68.2 Å². The first-order chi connectivity index (χ1) is 13.2. The van der Waals surface area contributed by atoms with Crippen LogP contribution in [0.4, 0.5) is 5.82 Å². The molecule has 0 unspecified atom stereocenters. The van der Waals surface area contributed by atoms with Gasteiger partial charge in [-0.15, -0.1) is 0 Å². The van der Waals surface area contributed by atoms with Crippen molar-refractivity contribution in [3.05, 3.63) is 71.8 Å². The number of hydrazine groups is 1. The fourth-order valence-electron chi connectivity index (χ4n) is 3.00. The van der Waals surface area contributed by atoms with Crippen molar-refractivity contribution >= 4 is 34.1 Å². The number of benzene rings is 2. The zero-order valence-corrected chi connectivity index (χ0v) is 15.3. The van der Waals surface area contributed by atoms with E-state index in [4.69, 9.17) is 16.3 Å². The Morgan fingerprint density at radius 2 is 1.67 bits per heavy atom. The second-order valence-electron chi connectivity index (χ2n) is 5.98. The van der Waals surface area contributed by atoms with E-state index < -0.39 is 5.97 Å². The average Bonchev–Trinajstić information content (AvgIpc) is 3.08. The summed E-state index contributed by atoms with van der Waals surface area (Å²) in [5.74, 6) is 0.222. The lowest BCUT2D eigenvalue weighted by Gasteiger charge is -2.22. The van der Waals surface area contributed by atoms with Crippen LogP contribution in [-0.2, 0) is 16.1 Å². The lowest BCUT2D eigenvalue weighted by molar-refractivity contribution is -0.141. The Hall–Kier alpha value is -3.25. The number of nitrogens with one attached hydrogen (secondary N) is 2. The third kappa shape index (κ3) is 3.15. The van der Waals surface area contributed by atoms with Crippen molar-refractivity contribution < 1.29 is 9.53 Å². The molecule has 6 nitrogen and oxygen atoms in total. The number of hydrogen-bond acceptors (Lipinski definition) is 5. The Morgan fingerprint density at radius 3 is 2.30 bits per heavy atom. The van der Waals surface area contributed by atoms with E-state index in [1.807, 2.05) is 60.7 Å². The van der Waals surface area contributed by atoms with Gasteiger partial charge in [0.2, 0.25) is 0 Å². The van der Waals surface area contributed by atoms with Crippen LogP contribution in [0.1, 0.15) is 11.1 Å². The van der Waals surface area contributed by atoms with Crippen molar-refractivity contribution in [2.75, 3.05) is 12.5 Å². The van der Waals surface area contributed by atoms with Crippen molar-refractivity contribution in [3.63, 3.8) is 0 Å². The zero-order chi connectivity index (χ0) is 18.8. The molecule has 7 heteroatoms. The predicted octanol–water partition coefficient (Wildman–Crippen LogP) is 3.72. The van der Waals surface area contributed by atoms with Gasteiger partial charge in [-0.25, -0.2) is 4.68 Å². The summed E-state index contributed by atoms with van der Waals surface area (Å²) in [7, 11) is 1.35. The number of halogens is 1. The first-order valence-corrected chi connectivity index (χ1v) is 8.77. The quantitative estimate of drug-likeness (QED) is 0.675. The normalized spacial score (nSPS) is 12.8. The van der Waals surface area contributed by atoms with Gasteiger partial charge in [0, 0.05) is 11.1 Å². The molecule has 0 spiro atoms. The molecule has 0 fully saturated rings. The lowest BCUT2D eigenvalue weighted by atomic mass is 10.0. The van der Waals surface area contributed by atoms with E-state index in [1.165, 1.54) is 7.11 Å². The number of hydrogen-bond donors (Lipinski definition) is 2. The molecule has 1 aliphatic rings. The van der Waals surface area contributed by atoms with Crippen LogP contribution in [0.5, 0.6) is 0 Å². The molecular formula is C20H17ClN4O2. The lowest BCUT2D eigenvalue weighted by Crippen LogP contribution is -2.27. The fraction of sp³-hybridized carbons (Fsp3) is 0.100. The summed E-state index contributed by atoms with van der Waals surface area (Å²) < 4.78 is 6.34. The van der Waals surface area contributed by atoms with Gasteiger partial charge < -0.3 is 4.74 Å². The SMILES string of the molecule is COC(=O)Cn1nc(-c2ccccc2)c2c1NNC(c1ccccc1)=C2Cl. The molecule has 3 aromatic rings. The first kappa shape index (κ1) is 17.2. The molecule has 2 N–H and O–H groups in total. The van der Waals surface area contributed by atoms with E-state index in [0.717, 1.165) is 22.4 Å². The van der Waals surface area contributed by atoms with Crippen molar-refractivity contribution in [2.45, 2.75) is 6.54 Å². The van der Waals surface area contributed by atoms with Gasteiger partial charge in [0.25, 0.3) is 0 Å². The average molecular weight is 381 g/mol. The summed E-state index contributed by atoms with van der Waals surface area (Å²) in [6.07, 6.45) is 0. The number of esters is 1. The molecule has 0 radical (unpaired) electrons. The molecule has 1 aliphatic heterocycles. The molecular weight excluding hydrogens is 364 g/mol. The number of fused-ring (bicyclic) bond motifs is 1. The highest BCUT2D eigenvalue weighted by Crippen LogP contribution is 2.41. The summed E-state index contributed by atoms with van der Waals surface area (Å²) in [5.41, 5.74) is 10.3. The molecule has 4 rings (SSSR count). The number of methoxy groups -OCH3 is 1. The second kappa shape index (κ2) is 7.17. The van der Waals surface area contributed by atoms with E-state index in [-0.39, 0.29) is 6.54 Å². The Labute approximate surface area is 161 Å². The highest BCUT2D eigenvalue weighted by molar-refractivity contribution is 6.53. The molecule has 0 amide bonds. The minimum absolute atomic E-state index is 0.0226. The minimum atomic E-state index is -0.393. The summed E-state index contributed by atoms with van der Waals surface area (Å²) in [6.45, 7) is -0.0226. The van der Waals surface area contributed by atoms with Crippen LogP contribution < -0.4 is 10.9 Å². The third-order valence-corrected chi connectivity index (χ3v) is 4.69. The Balaban J connectivity index is 1.90. The van der Waals surface area contributed by atoms with Crippen molar-refractivity contribution in [1.29, 1.82) is 0 Å². The van der Waals surface area contributed by atoms with Crippen LogP contribution in [0.15, 0.2) is 60.7 Å². The molecule has 136 valence electrons. The smallest absolute Gasteiger partial charge is 0.327 e.